The highest BCUT2D eigenvalue weighted by molar-refractivity contribution is 5.96. The summed E-state index contributed by atoms with van der Waals surface area (Å²) in [6, 6.07) is 0. The Balaban J connectivity index is 1.52. The zero-order chi connectivity index (χ0) is 18.2. The van der Waals surface area contributed by atoms with Gasteiger partial charge >= 0.3 is 5.97 Å². The lowest BCUT2D eigenvalue weighted by Gasteiger charge is -2.57. The first kappa shape index (κ1) is 16.6. The Morgan fingerprint density at radius 1 is 1.12 bits per heavy atom. The van der Waals surface area contributed by atoms with Gasteiger partial charge in [-0.25, -0.2) is 0 Å². The highest BCUT2D eigenvalue weighted by atomic mass is 16.6. The topological polar surface area (TPSA) is 58.9 Å². The average molecular weight is 355 g/mol. The standard InChI is InChI=1S/C22H29NO3/c1-20-9-5-15(23-25)13-14(20)3-4-16-17(20)6-10-21(2)18(16)7-11-22(21)12-8-19(24)26-22/h3-4,13,16-18,25H,5-12H2,1-2H3/b23-15-/t16-,17+,18+,20+,21+,22-/m1/s1. The number of nitrogens with zero attached hydrogens (tertiary/aromatic N) is 1. The number of rotatable bonds is 0. The molecular formula is C22H29NO3. The maximum atomic E-state index is 11.9. The summed E-state index contributed by atoms with van der Waals surface area (Å²) in [5.74, 6) is 1.83. The molecule has 4 aliphatic carbocycles. The van der Waals surface area contributed by atoms with Crippen molar-refractivity contribution >= 4 is 11.7 Å². The zero-order valence-corrected chi connectivity index (χ0v) is 15.8. The van der Waals surface area contributed by atoms with Crippen LogP contribution in [0.25, 0.3) is 0 Å². The molecule has 1 saturated heterocycles. The van der Waals surface area contributed by atoms with Crippen molar-refractivity contribution in [1.82, 2.24) is 0 Å². The van der Waals surface area contributed by atoms with Crippen molar-refractivity contribution in [2.45, 2.75) is 70.8 Å². The molecule has 4 nitrogen and oxygen atoms in total. The smallest absolute Gasteiger partial charge is 0.306 e. The monoisotopic (exact) mass is 355 g/mol. The molecule has 0 aromatic rings. The predicted octanol–water partition coefficient (Wildman–Crippen LogP) is 4.63. The third-order valence-corrected chi connectivity index (χ3v) is 8.99. The summed E-state index contributed by atoms with van der Waals surface area (Å²) < 4.78 is 6.00. The number of carbonyl (C=O) groups excluding carboxylic acids is 1. The van der Waals surface area contributed by atoms with Crippen molar-refractivity contribution in [3.8, 4) is 0 Å². The fourth-order valence-electron chi connectivity index (χ4n) is 7.38. The molecule has 5 rings (SSSR count). The van der Waals surface area contributed by atoms with Gasteiger partial charge in [-0.1, -0.05) is 31.2 Å². The lowest BCUT2D eigenvalue weighted by Crippen LogP contribution is -2.53. The number of fused-ring (bicyclic) bond motifs is 6. The minimum absolute atomic E-state index is 0.00784. The van der Waals surface area contributed by atoms with Gasteiger partial charge in [0.1, 0.15) is 5.60 Å². The first-order valence-electron chi connectivity index (χ1n) is 10.3. The van der Waals surface area contributed by atoms with Crippen molar-refractivity contribution in [2.24, 2.45) is 33.7 Å². The average Bonchev–Trinajstić information content (AvgIpc) is 3.15. The number of oxime groups is 1. The van der Waals surface area contributed by atoms with Crippen LogP contribution in [0.15, 0.2) is 29.0 Å². The number of esters is 1. The Hall–Kier alpha value is -1.58. The number of carbonyl (C=O) groups is 1. The van der Waals surface area contributed by atoms with Gasteiger partial charge in [-0.3, -0.25) is 4.79 Å². The molecule has 4 heteroatoms. The van der Waals surface area contributed by atoms with E-state index in [0.29, 0.717) is 24.2 Å². The fraction of sp³-hybridized carbons (Fsp3) is 0.727. The van der Waals surface area contributed by atoms with Gasteiger partial charge in [-0.2, -0.15) is 0 Å². The summed E-state index contributed by atoms with van der Waals surface area (Å²) in [6.45, 7) is 4.82. The van der Waals surface area contributed by atoms with Crippen LogP contribution in [0.2, 0.25) is 0 Å². The molecule has 2 saturated carbocycles. The van der Waals surface area contributed by atoms with Gasteiger partial charge < -0.3 is 9.94 Å². The Kier molecular flexibility index (Phi) is 3.34. The molecule has 0 bridgehead atoms. The van der Waals surface area contributed by atoms with Gasteiger partial charge in [0.05, 0.1) is 5.71 Å². The molecule has 5 aliphatic rings. The third-order valence-electron chi connectivity index (χ3n) is 8.99. The quantitative estimate of drug-likeness (QED) is 0.391. The van der Waals surface area contributed by atoms with Crippen molar-refractivity contribution in [1.29, 1.82) is 0 Å². The van der Waals surface area contributed by atoms with E-state index in [4.69, 9.17) is 4.74 Å². The predicted molar refractivity (Wildman–Crippen MR) is 98.9 cm³/mol. The number of hydrogen-bond donors (Lipinski definition) is 1. The van der Waals surface area contributed by atoms with Crippen LogP contribution in [0, 0.1) is 28.6 Å². The first-order chi connectivity index (χ1) is 12.4. The fourth-order valence-corrected chi connectivity index (χ4v) is 7.38. The minimum Gasteiger partial charge on any atom is -0.458 e. The largest absolute Gasteiger partial charge is 0.458 e. The molecule has 0 amide bonds. The van der Waals surface area contributed by atoms with Crippen LogP contribution in [0.4, 0.5) is 0 Å². The van der Waals surface area contributed by atoms with E-state index >= 15 is 0 Å². The maximum Gasteiger partial charge on any atom is 0.306 e. The van der Waals surface area contributed by atoms with Crippen LogP contribution in [0.5, 0.6) is 0 Å². The van der Waals surface area contributed by atoms with E-state index in [9.17, 15) is 10.0 Å². The Morgan fingerprint density at radius 3 is 2.65 bits per heavy atom. The minimum atomic E-state index is -0.201. The van der Waals surface area contributed by atoms with Crippen LogP contribution >= 0.6 is 0 Å². The Labute approximate surface area is 155 Å². The molecular weight excluding hydrogens is 326 g/mol. The summed E-state index contributed by atoms with van der Waals surface area (Å²) >= 11 is 0. The number of hydrogen-bond acceptors (Lipinski definition) is 4. The molecule has 6 atom stereocenters. The lowest BCUT2D eigenvalue weighted by atomic mass is 9.48. The molecule has 0 unspecified atom stereocenters. The zero-order valence-electron chi connectivity index (χ0n) is 15.8. The summed E-state index contributed by atoms with van der Waals surface area (Å²) in [5, 5.41) is 12.6. The van der Waals surface area contributed by atoms with E-state index in [1.54, 1.807) is 0 Å². The molecule has 1 N–H and O–H groups in total. The number of ether oxygens (including phenoxy) is 1. The van der Waals surface area contributed by atoms with Crippen molar-refractivity contribution in [3.63, 3.8) is 0 Å². The van der Waals surface area contributed by atoms with Gasteiger partial charge in [-0.15, -0.1) is 0 Å². The van der Waals surface area contributed by atoms with Gasteiger partial charge in [-0.05, 0) is 79.8 Å². The van der Waals surface area contributed by atoms with E-state index in [2.05, 4.69) is 37.2 Å². The first-order valence-corrected chi connectivity index (χ1v) is 10.3. The van der Waals surface area contributed by atoms with Gasteiger partial charge in [0.2, 0.25) is 0 Å². The maximum absolute atomic E-state index is 11.9. The van der Waals surface area contributed by atoms with E-state index < -0.39 is 0 Å². The van der Waals surface area contributed by atoms with Crippen molar-refractivity contribution in [2.75, 3.05) is 0 Å². The molecule has 0 aromatic carbocycles. The summed E-state index contributed by atoms with van der Waals surface area (Å²) in [6.07, 6.45) is 14.8. The van der Waals surface area contributed by atoms with E-state index in [1.165, 1.54) is 18.4 Å². The second-order valence-electron chi connectivity index (χ2n) is 9.72. The summed E-state index contributed by atoms with van der Waals surface area (Å²) in [4.78, 5) is 11.9. The highest BCUT2D eigenvalue weighted by Gasteiger charge is 2.66. The Morgan fingerprint density at radius 2 is 1.92 bits per heavy atom. The van der Waals surface area contributed by atoms with Crippen LogP contribution in [-0.4, -0.2) is 22.5 Å². The third kappa shape index (κ3) is 1.91. The molecule has 3 fully saturated rings. The molecule has 26 heavy (non-hydrogen) atoms. The summed E-state index contributed by atoms with van der Waals surface area (Å²) in [5.41, 5.74) is 2.24. The van der Waals surface area contributed by atoms with E-state index in [1.807, 2.05) is 0 Å². The molecule has 140 valence electrons. The van der Waals surface area contributed by atoms with Gasteiger partial charge in [0, 0.05) is 11.8 Å². The van der Waals surface area contributed by atoms with Crippen LogP contribution in [0.1, 0.15) is 65.2 Å². The molecule has 0 radical (unpaired) electrons. The summed E-state index contributed by atoms with van der Waals surface area (Å²) in [7, 11) is 0. The lowest BCUT2D eigenvalue weighted by molar-refractivity contribution is -0.165. The second kappa shape index (κ2) is 5.24. The van der Waals surface area contributed by atoms with Crippen molar-refractivity contribution in [3.05, 3.63) is 23.8 Å². The molecule has 1 spiro atoms. The van der Waals surface area contributed by atoms with Crippen molar-refractivity contribution < 1.29 is 14.7 Å². The van der Waals surface area contributed by atoms with E-state index in [0.717, 1.165) is 37.8 Å². The number of allylic oxidation sites excluding steroid dienone is 4. The molecule has 1 aliphatic heterocycles. The second-order valence-corrected chi connectivity index (χ2v) is 9.72. The molecule has 1 heterocycles. The van der Waals surface area contributed by atoms with E-state index in [-0.39, 0.29) is 22.4 Å². The van der Waals surface area contributed by atoms with Crippen LogP contribution < -0.4 is 0 Å². The molecule has 0 aromatic heterocycles. The van der Waals surface area contributed by atoms with Gasteiger partial charge in [0.25, 0.3) is 0 Å². The van der Waals surface area contributed by atoms with Crippen LogP contribution in [0.3, 0.4) is 0 Å². The Bertz CT molecular complexity index is 752. The van der Waals surface area contributed by atoms with Crippen LogP contribution in [-0.2, 0) is 9.53 Å². The normalized spacial score (nSPS) is 51.0. The highest BCUT2D eigenvalue weighted by Crippen LogP contribution is 2.68. The van der Waals surface area contributed by atoms with Gasteiger partial charge in [0.15, 0.2) is 0 Å². The SMILES string of the molecule is C[C@]12CC/C(=N/O)C=C1C=C[C@@H]1[C@@H]2CC[C@@]2(C)[C@H]1CC[C@@]21CCC(=O)O1.